The second-order valence-electron chi connectivity index (χ2n) is 2.44. The Morgan fingerprint density at radius 3 is 2.07 bits per heavy atom. The van der Waals surface area contributed by atoms with Gasteiger partial charge in [0.25, 0.3) is 5.91 Å². The molecule has 84 valence electrons. The van der Waals surface area contributed by atoms with Crippen molar-refractivity contribution < 1.29 is 4.79 Å². The van der Waals surface area contributed by atoms with E-state index in [1.54, 1.807) is 14.1 Å². The molecule has 0 aromatic carbocycles. The van der Waals surface area contributed by atoms with Crippen molar-refractivity contribution in [3.8, 4) is 0 Å². The first-order chi connectivity index (χ1) is 6.67. The van der Waals surface area contributed by atoms with E-state index in [4.69, 9.17) is 0 Å². The minimum atomic E-state index is -0.109. The zero-order valence-electron chi connectivity index (χ0n) is 9.35. The summed E-state index contributed by atoms with van der Waals surface area (Å²) < 4.78 is 0. The van der Waals surface area contributed by atoms with Gasteiger partial charge in [0.2, 0.25) is 0 Å². The predicted octanol–water partition coefficient (Wildman–Crippen LogP) is 1.30. The van der Waals surface area contributed by atoms with Gasteiger partial charge < -0.3 is 0 Å². The lowest BCUT2D eigenvalue weighted by Crippen LogP contribution is -2.48. The molecule has 2 N–H and O–H groups in total. The summed E-state index contributed by atoms with van der Waals surface area (Å²) in [6.07, 6.45) is 3.14. The topological polar surface area (TPSA) is 44.4 Å². The molecular formula is C9H20ClN3O. The molecule has 14 heavy (non-hydrogen) atoms. The molecule has 0 aromatic heterocycles. The van der Waals surface area contributed by atoms with Crippen molar-refractivity contribution in [1.82, 2.24) is 16.0 Å². The Kier molecular flexibility index (Phi) is 11.9. The largest absolute Gasteiger partial charge is 0.278 e. The highest BCUT2D eigenvalue weighted by Gasteiger charge is 2.12. The lowest BCUT2D eigenvalue weighted by molar-refractivity contribution is -0.133. The summed E-state index contributed by atoms with van der Waals surface area (Å²) in [6, 6.07) is 0. The quantitative estimate of drug-likeness (QED) is 0.418. The highest BCUT2D eigenvalue weighted by Crippen LogP contribution is 2.03. The van der Waals surface area contributed by atoms with Gasteiger partial charge in [-0.15, -0.1) is 11.6 Å². The predicted molar refractivity (Wildman–Crippen MR) is 60.8 cm³/mol. The lowest BCUT2D eigenvalue weighted by atomic mass is 10.2. The summed E-state index contributed by atoms with van der Waals surface area (Å²) in [5.74, 6) is -0.109. The van der Waals surface area contributed by atoms with Gasteiger partial charge in [0, 0.05) is 26.1 Å². The van der Waals surface area contributed by atoms with E-state index < -0.39 is 0 Å². The molecule has 0 fully saturated rings. The van der Waals surface area contributed by atoms with Crippen LogP contribution < -0.4 is 10.9 Å². The molecule has 4 nitrogen and oxygen atoms in total. The molecule has 0 aliphatic carbocycles. The number of hydrazine groups is 2. The standard InChI is InChI=1S/C8H17N3O.CH3Cl/c1-5-6-7(2)8(12)11(9-3)10-4;1-2/h9-10H,2,5-6H2,1,3-4H3;1H3. The minimum absolute atomic E-state index is 0.109. The Morgan fingerprint density at radius 1 is 1.36 bits per heavy atom. The fourth-order valence-corrected chi connectivity index (χ4v) is 0.882. The molecule has 0 saturated carbocycles. The molecule has 0 unspecified atom stereocenters. The Balaban J connectivity index is 0. The first kappa shape index (κ1) is 15.9. The van der Waals surface area contributed by atoms with Crippen LogP contribution in [0.2, 0.25) is 0 Å². The Morgan fingerprint density at radius 2 is 1.79 bits per heavy atom. The van der Waals surface area contributed by atoms with Crippen LogP contribution in [-0.2, 0) is 4.79 Å². The summed E-state index contributed by atoms with van der Waals surface area (Å²) in [5.41, 5.74) is 6.02. The summed E-state index contributed by atoms with van der Waals surface area (Å²) >= 11 is 4.64. The van der Waals surface area contributed by atoms with Crippen molar-refractivity contribution in [2.24, 2.45) is 0 Å². The number of carbonyl (C=O) groups excluding carboxylic acids is 1. The molecule has 0 aromatic rings. The molecular weight excluding hydrogens is 202 g/mol. The number of halogens is 1. The molecule has 0 radical (unpaired) electrons. The third-order valence-electron chi connectivity index (χ3n) is 1.50. The van der Waals surface area contributed by atoms with Crippen LogP contribution in [-0.4, -0.2) is 31.5 Å². The van der Waals surface area contributed by atoms with E-state index in [0.717, 1.165) is 12.8 Å². The monoisotopic (exact) mass is 221 g/mol. The Bertz CT molecular complexity index is 169. The van der Waals surface area contributed by atoms with E-state index in [0.29, 0.717) is 5.57 Å². The van der Waals surface area contributed by atoms with Gasteiger partial charge in [0.15, 0.2) is 0 Å². The Hall–Kier alpha value is -0.580. The molecule has 0 bridgehead atoms. The van der Waals surface area contributed by atoms with Crippen molar-refractivity contribution in [2.75, 3.05) is 20.5 Å². The molecule has 5 heteroatoms. The van der Waals surface area contributed by atoms with Crippen LogP contribution in [0.5, 0.6) is 0 Å². The first-order valence-corrected chi connectivity index (χ1v) is 5.17. The molecule has 0 spiro atoms. The molecule has 0 saturated heterocycles. The number of hydrogen-bond donors (Lipinski definition) is 2. The van der Waals surface area contributed by atoms with Crippen molar-refractivity contribution in [3.63, 3.8) is 0 Å². The molecule has 0 rings (SSSR count). The summed E-state index contributed by atoms with van der Waals surface area (Å²) in [6.45, 7) is 5.71. The van der Waals surface area contributed by atoms with Gasteiger partial charge in [0.1, 0.15) is 0 Å². The summed E-state index contributed by atoms with van der Waals surface area (Å²) in [7, 11) is 3.35. The zero-order chi connectivity index (χ0) is 11.6. The smallest absolute Gasteiger partial charge is 0.267 e. The maximum absolute atomic E-state index is 11.4. The summed E-state index contributed by atoms with van der Waals surface area (Å²) in [5, 5.41) is 1.30. The van der Waals surface area contributed by atoms with E-state index in [1.165, 1.54) is 11.5 Å². The first-order valence-electron chi connectivity index (χ1n) is 4.42. The molecule has 0 heterocycles. The maximum Gasteiger partial charge on any atom is 0.278 e. The van der Waals surface area contributed by atoms with Crippen molar-refractivity contribution in [1.29, 1.82) is 0 Å². The number of rotatable bonds is 5. The third kappa shape index (κ3) is 5.96. The average Bonchev–Trinajstić information content (AvgIpc) is 2.23. The van der Waals surface area contributed by atoms with Crippen LogP contribution >= 0.6 is 11.6 Å². The van der Waals surface area contributed by atoms with Gasteiger partial charge in [-0.3, -0.25) is 4.79 Å². The average molecular weight is 222 g/mol. The molecule has 0 atom stereocenters. The Labute approximate surface area is 91.2 Å². The van der Waals surface area contributed by atoms with E-state index in [1.807, 2.05) is 6.92 Å². The zero-order valence-corrected chi connectivity index (χ0v) is 10.1. The highest BCUT2D eigenvalue weighted by molar-refractivity contribution is 6.15. The molecule has 1 amide bonds. The molecule has 0 aliphatic rings. The van der Waals surface area contributed by atoms with Crippen molar-refractivity contribution in [2.45, 2.75) is 19.8 Å². The van der Waals surface area contributed by atoms with E-state index in [2.05, 4.69) is 29.0 Å². The second kappa shape index (κ2) is 10.5. The van der Waals surface area contributed by atoms with Gasteiger partial charge in [-0.05, 0) is 6.42 Å². The third-order valence-corrected chi connectivity index (χ3v) is 1.50. The number of nitrogens with one attached hydrogen (secondary N) is 2. The van der Waals surface area contributed by atoms with Gasteiger partial charge >= 0.3 is 0 Å². The van der Waals surface area contributed by atoms with E-state index in [9.17, 15) is 4.79 Å². The SMILES string of the molecule is C=C(CCC)C(=O)N(NC)NC.CCl. The number of alkyl halides is 1. The van der Waals surface area contributed by atoms with Gasteiger partial charge in [-0.2, -0.15) is 0 Å². The van der Waals surface area contributed by atoms with E-state index >= 15 is 0 Å². The number of nitrogens with zero attached hydrogens (tertiary/aromatic N) is 1. The fraction of sp³-hybridized carbons (Fsp3) is 0.667. The normalized spacial score (nSPS) is 8.64. The van der Waals surface area contributed by atoms with Crippen molar-refractivity contribution >= 4 is 17.5 Å². The minimum Gasteiger partial charge on any atom is -0.267 e. The highest BCUT2D eigenvalue weighted by atomic mass is 35.5. The van der Waals surface area contributed by atoms with Gasteiger partial charge in [-0.25, -0.2) is 16.0 Å². The number of amides is 1. The van der Waals surface area contributed by atoms with Crippen LogP contribution in [0.4, 0.5) is 0 Å². The van der Waals surface area contributed by atoms with Crippen LogP contribution in [0.25, 0.3) is 0 Å². The van der Waals surface area contributed by atoms with Gasteiger partial charge in [-0.1, -0.05) is 19.9 Å². The fourth-order valence-electron chi connectivity index (χ4n) is 0.882. The van der Waals surface area contributed by atoms with E-state index in [-0.39, 0.29) is 5.91 Å². The lowest BCUT2D eigenvalue weighted by Gasteiger charge is -2.20. The molecule has 0 aliphatic heterocycles. The van der Waals surface area contributed by atoms with Crippen LogP contribution in [0, 0.1) is 0 Å². The van der Waals surface area contributed by atoms with Crippen LogP contribution in [0.3, 0.4) is 0 Å². The summed E-state index contributed by atoms with van der Waals surface area (Å²) in [4.78, 5) is 11.4. The van der Waals surface area contributed by atoms with Gasteiger partial charge in [0.05, 0.1) is 0 Å². The van der Waals surface area contributed by atoms with Crippen LogP contribution in [0.1, 0.15) is 19.8 Å². The van der Waals surface area contributed by atoms with Crippen LogP contribution in [0.15, 0.2) is 12.2 Å². The maximum atomic E-state index is 11.4. The number of carbonyl (C=O) groups is 1. The number of hydrogen-bond acceptors (Lipinski definition) is 3. The second-order valence-corrected chi connectivity index (χ2v) is 2.44. The van der Waals surface area contributed by atoms with Crippen molar-refractivity contribution in [3.05, 3.63) is 12.2 Å².